The van der Waals surface area contributed by atoms with Gasteiger partial charge in [-0.25, -0.2) is 4.79 Å². The summed E-state index contributed by atoms with van der Waals surface area (Å²) in [6.07, 6.45) is 1.04. The second-order valence-electron chi connectivity index (χ2n) is 3.09. The predicted molar refractivity (Wildman–Crippen MR) is 47.9 cm³/mol. The third kappa shape index (κ3) is 4.59. The highest BCUT2D eigenvalue weighted by Gasteiger charge is 2.24. The molecule has 5 heteroatoms. The Bertz CT molecular complexity index is 233. The standard InChI is InChI=1S/C9H14O5/c1-2-3-6(4-5-7(10)11)8(12)9(13)14/h6H,2-5H2,1H3,(H,10,11)(H,13,14). The molecule has 0 aromatic carbocycles. The highest BCUT2D eigenvalue weighted by Crippen LogP contribution is 2.14. The Balaban J connectivity index is 4.21. The van der Waals surface area contributed by atoms with Gasteiger partial charge in [-0.1, -0.05) is 13.3 Å². The zero-order chi connectivity index (χ0) is 11.1. The molecule has 1 atom stereocenters. The van der Waals surface area contributed by atoms with Crippen LogP contribution in [0.2, 0.25) is 0 Å². The Morgan fingerprint density at radius 1 is 1.14 bits per heavy atom. The minimum atomic E-state index is -1.48. The van der Waals surface area contributed by atoms with Gasteiger partial charge in [0.2, 0.25) is 5.78 Å². The first kappa shape index (κ1) is 12.6. The summed E-state index contributed by atoms with van der Waals surface area (Å²) in [7, 11) is 0. The Morgan fingerprint density at radius 2 is 1.71 bits per heavy atom. The maximum absolute atomic E-state index is 11.1. The van der Waals surface area contributed by atoms with Crippen LogP contribution in [0.25, 0.3) is 0 Å². The molecule has 80 valence electrons. The molecule has 0 saturated heterocycles. The molecule has 0 amide bonds. The molecule has 14 heavy (non-hydrogen) atoms. The molecule has 0 rings (SSSR count). The third-order valence-electron chi connectivity index (χ3n) is 1.93. The average Bonchev–Trinajstić information content (AvgIpc) is 2.10. The molecule has 0 fully saturated rings. The van der Waals surface area contributed by atoms with Gasteiger partial charge >= 0.3 is 11.9 Å². The van der Waals surface area contributed by atoms with Crippen LogP contribution in [0.1, 0.15) is 32.6 Å². The van der Waals surface area contributed by atoms with Crippen molar-refractivity contribution in [1.29, 1.82) is 0 Å². The fourth-order valence-electron chi connectivity index (χ4n) is 1.23. The lowest BCUT2D eigenvalue weighted by Crippen LogP contribution is -2.24. The molecule has 0 aromatic heterocycles. The van der Waals surface area contributed by atoms with E-state index in [2.05, 4.69) is 0 Å². The summed E-state index contributed by atoms with van der Waals surface area (Å²) in [6.45, 7) is 1.82. The Labute approximate surface area is 81.7 Å². The van der Waals surface area contributed by atoms with Crippen LogP contribution in [-0.2, 0) is 14.4 Å². The fraction of sp³-hybridized carbons (Fsp3) is 0.667. The molecule has 0 spiro atoms. The van der Waals surface area contributed by atoms with E-state index in [1.165, 1.54) is 0 Å². The summed E-state index contributed by atoms with van der Waals surface area (Å²) >= 11 is 0. The van der Waals surface area contributed by atoms with Gasteiger partial charge < -0.3 is 10.2 Å². The quantitative estimate of drug-likeness (QED) is 0.599. The molecular formula is C9H14O5. The maximum Gasteiger partial charge on any atom is 0.372 e. The second-order valence-corrected chi connectivity index (χ2v) is 3.09. The molecule has 0 saturated carbocycles. The van der Waals surface area contributed by atoms with Crippen LogP contribution >= 0.6 is 0 Å². The normalized spacial score (nSPS) is 12.1. The number of rotatable bonds is 7. The number of carboxylic acid groups (broad SMARTS) is 2. The van der Waals surface area contributed by atoms with Gasteiger partial charge in [-0.05, 0) is 12.8 Å². The van der Waals surface area contributed by atoms with E-state index in [4.69, 9.17) is 10.2 Å². The van der Waals surface area contributed by atoms with Crippen LogP contribution in [0.3, 0.4) is 0 Å². The number of aliphatic carboxylic acids is 2. The highest BCUT2D eigenvalue weighted by atomic mass is 16.4. The second kappa shape index (κ2) is 6.12. The van der Waals surface area contributed by atoms with Crippen LogP contribution in [0.4, 0.5) is 0 Å². The van der Waals surface area contributed by atoms with Crippen molar-refractivity contribution in [2.45, 2.75) is 32.6 Å². The highest BCUT2D eigenvalue weighted by molar-refractivity contribution is 6.33. The summed E-state index contributed by atoms with van der Waals surface area (Å²) in [5.41, 5.74) is 0. The molecule has 0 bridgehead atoms. The topological polar surface area (TPSA) is 91.7 Å². The van der Waals surface area contributed by atoms with E-state index in [1.807, 2.05) is 6.92 Å². The van der Waals surface area contributed by atoms with E-state index >= 15 is 0 Å². The summed E-state index contributed by atoms with van der Waals surface area (Å²) in [4.78, 5) is 31.7. The molecule has 0 aromatic rings. The molecule has 2 N–H and O–H groups in total. The molecule has 0 heterocycles. The van der Waals surface area contributed by atoms with Crippen molar-refractivity contribution in [3.8, 4) is 0 Å². The van der Waals surface area contributed by atoms with Gasteiger partial charge in [-0.3, -0.25) is 9.59 Å². The van der Waals surface area contributed by atoms with Crippen molar-refractivity contribution in [3.63, 3.8) is 0 Å². The third-order valence-corrected chi connectivity index (χ3v) is 1.93. The molecule has 0 aliphatic heterocycles. The minimum absolute atomic E-state index is 0.105. The van der Waals surface area contributed by atoms with Crippen LogP contribution < -0.4 is 0 Å². The first-order valence-electron chi connectivity index (χ1n) is 4.48. The Hall–Kier alpha value is -1.39. The number of carbonyl (C=O) groups is 3. The lowest BCUT2D eigenvalue weighted by atomic mass is 9.93. The maximum atomic E-state index is 11.1. The van der Waals surface area contributed by atoms with Gasteiger partial charge in [-0.2, -0.15) is 0 Å². The van der Waals surface area contributed by atoms with Gasteiger partial charge in [-0.15, -0.1) is 0 Å². The number of hydrogen-bond donors (Lipinski definition) is 2. The molecule has 1 unspecified atom stereocenters. The summed E-state index contributed by atoms with van der Waals surface area (Å²) in [6, 6.07) is 0. The van der Waals surface area contributed by atoms with E-state index in [0.717, 1.165) is 0 Å². The average molecular weight is 202 g/mol. The van der Waals surface area contributed by atoms with Gasteiger partial charge in [0.15, 0.2) is 0 Å². The van der Waals surface area contributed by atoms with Gasteiger partial charge in [0.05, 0.1) is 0 Å². The van der Waals surface area contributed by atoms with Crippen molar-refractivity contribution in [3.05, 3.63) is 0 Å². The summed E-state index contributed by atoms with van der Waals surface area (Å²) in [5, 5.41) is 16.8. The fourth-order valence-corrected chi connectivity index (χ4v) is 1.23. The van der Waals surface area contributed by atoms with E-state index in [1.54, 1.807) is 0 Å². The van der Waals surface area contributed by atoms with Crippen LogP contribution in [0.5, 0.6) is 0 Å². The van der Waals surface area contributed by atoms with Crippen molar-refractivity contribution >= 4 is 17.7 Å². The van der Waals surface area contributed by atoms with Crippen LogP contribution in [-0.4, -0.2) is 27.9 Å². The van der Waals surface area contributed by atoms with Crippen molar-refractivity contribution < 1.29 is 24.6 Å². The van der Waals surface area contributed by atoms with E-state index in [0.29, 0.717) is 12.8 Å². The Kier molecular flexibility index (Phi) is 5.52. The zero-order valence-electron chi connectivity index (χ0n) is 8.02. The molecule has 0 aliphatic rings. The number of hydrogen-bond acceptors (Lipinski definition) is 3. The summed E-state index contributed by atoms with van der Waals surface area (Å²) in [5.74, 6) is -4.03. The number of carbonyl (C=O) groups excluding carboxylic acids is 1. The largest absolute Gasteiger partial charge is 0.481 e. The molecule has 0 radical (unpaired) electrons. The first-order valence-corrected chi connectivity index (χ1v) is 4.48. The van der Waals surface area contributed by atoms with E-state index in [9.17, 15) is 14.4 Å². The van der Waals surface area contributed by atoms with Crippen molar-refractivity contribution in [2.75, 3.05) is 0 Å². The summed E-state index contributed by atoms with van der Waals surface area (Å²) < 4.78 is 0. The van der Waals surface area contributed by atoms with E-state index in [-0.39, 0.29) is 12.8 Å². The first-order chi connectivity index (χ1) is 6.49. The molecular weight excluding hydrogens is 188 g/mol. The lowest BCUT2D eigenvalue weighted by Gasteiger charge is -2.10. The van der Waals surface area contributed by atoms with Crippen LogP contribution in [0, 0.1) is 5.92 Å². The SMILES string of the molecule is CCCC(CCC(=O)O)C(=O)C(=O)O. The number of carboxylic acids is 2. The molecule has 0 aliphatic carbocycles. The van der Waals surface area contributed by atoms with Crippen LogP contribution in [0.15, 0.2) is 0 Å². The van der Waals surface area contributed by atoms with Gasteiger partial charge in [0.1, 0.15) is 0 Å². The Morgan fingerprint density at radius 3 is 2.07 bits per heavy atom. The van der Waals surface area contributed by atoms with E-state index < -0.39 is 23.6 Å². The van der Waals surface area contributed by atoms with Gasteiger partial charge in [0, 0.05) is 12.3 Å². The predicted octanol–water partition coefficient (Wildman–Crippen LogP) is 0.921. The number of Topliss-reactive ketones (excluding diaryl/α,β-unsaturated/α-hetero) is 1. The smallest absolute Gasteiger partial charge is 0.372 e. The van der Waals surface area contributed by atoms with Gasteiger partial charge in [0.25, 0.3) is 0 Å². The molecule has 5 nitrogen and oxygen atoms in total. The minimum Gasteiger partial charge on any atom is -0.481 e. The monoisotopic (exact) mass is 202 g/mol. The van der Waals surface area contributed by atoms with Crippen molar-refractivity contribution in [1.82, 2.24) is 0 Å². The lowest BCUT2D eigenvalue weighted by molar-refractivity contribution is -0.151. The van der Waals surface area contributed by atoms with Crippen molar-refractivity contribution in [2.24, 2.45) is 5.92 Å². The zero-order valence-corrected chi connectivity index (χ0v) is 8.02. The number of ketones is 1.